The van der Waals surface area contributed by atoms with Crippen LogP contribution in [0.3, 0.4) is 0 Å². The van der Waals surface area contributed by atoms with Crippen molar-refractivity contribution in [2.24, 2.45) is 0 Å². The maximum absolute atomic E-state index is 11.1. The number of carbonyl (C=O) groups excluding carboxylic acids is 4. The second-order valence-electron chi connectivity index (χ2n) is 5.43. The van der Waals surface area contributed by atoms with E-state index in [-0.39, 0.29) is 11.9 Å². The van der Waals surface area contributed by atoms with E-state index in [1.807, 2.05) is 6.92 Å². The van der Waals surface area contributed by atoms with Crippen LogP contribution in [0, 0.1) is 0 Å². The van der Waals surface area contributed by atoms with Crippen LogP contribution in [0.5, 0.6) is 11.5 Å². The van der Waals surface area contributed by atoms with Crippen molar-refractivity contribution in [3.63, 3.8) is 0 Å². The molecule has 0 bridgehead atoms. The van der Waals surface area contributed by atoms with E-state index >= 15 is 0 Å². The molecule has 0 aliphatic heterocycles. The molecule has 0 fully saturated rings. The van der Waals surface area contributed by atoms with Crippen molar-refractivity contribution in [1.82, 2.24) is 0 Å². The van der Waals surface area contributed by atoms with Crippen molar-refractivity contribution < 1.29 is 28.7 Å². The van der Waals surface area contributed by atoms with E-state index in [0.717, 1.165) is 19.0 Å². The summed E-state index contributed by atoms with van der Waals surface area (Å²) in [4.78, 5) is 42.5. The van der Waals surface area contributed by atoms with E-state index < -0.39 is 0 Å². The highest BCUT2D eigenvalue weighted by Crippen LogP contribution is 2.12. The Morgan fingerprint density at radius 3 is 1.48 bits per heavy atom. The third-order valence-corrected chi connectivity index (χ3v) is 3.24. The van der Waals surface area contributed by atoms with E-state index in [9.17, 15) is 19.2 Å². The smallest absolute Gasteiger partial charge is 0.311 e. The molecule has 2 aromatic rings. The highest BCUT2D eigenvalue weighted by atomic mass is 16.5. The summed E-state index contributed by atoms with van der Waals surface area (Å²) in [5, 5.41) is 0. The van der Waals surface area contributed by atoms with Crippen LogP contribution in [0.4, 0.5) is 0 Å². The summed E-state index contributed by atoms with van der Waals surface area (Å²) in [6.45, 7) is 3.64. The monoisotopic (exact) mass is 370 g/mol. The highest BCUT2D eigenvalue weighted by Gasteiger charge is 2.02. The predicted molar refractivity (Wildman–Crippen MR) is 100 cm³/mol. The van der Waals surface area contributed by atoms with Gasteiger partial charge in [0.15, 0.2) is 0 Å². The molecule has 0 radical (unpaired) electrons. The van der Waals surface area contributed by atoms with Crippen molar-refractivity contribution in [1.29, 1.82) is 0 Å². The van der Waals surface area contributed by atoms with Crippen LogP contribution in [-0.2, 0) is 9.59 Å². The Kier molecular flexibility index (Phi) is 9.78. The molecule has 0 N–H and O–H groups in total. The van der Waals surface area contributed by atoms with Crippen LogP contribution in [0.1, 0.15) is 53.8 Å². The van der Waals surface area contributed by atoms with E-state index in [1.165, 1.54) is 0 Å². The molecule has 0 atom stereocenters. The molecule has 2 rings (SSSR count). The second kappa shape index (κ2) is 12.1. The fourth-order valence-corrected chi connectivity index (χ4v) is 1.82. The molecule has 0 amide bonds. The lowest BCUT2D eigenvalue weighted by atomic mass is 10.2. The quantitative estimate of drug-likeness (QED) is 0.416. The summed E-state index contributed by atoms with van der Waals surface area (Å²) in [5.41, 5.74) is 1.14. The molecule has 0 spiro atoms. The average Bonchev–Trinajstić information content (AvgIpc) is 2.69. The standard InChI is InChI=1S/C11H12O3.C10H10O3/c1-2-3-11(13)14-10-6-4-9(8-12)5-7-10;1-2-10(12)13-9-5-3-8(7-11)4-6-9/h4-8H,2-3H2,1H3;3-7H,2H2,1H3. The molecule has 0 heterocycles. The minimum absolute atomic E-state index is 0.244. The van der Waals surface area contributed by atoms with E-state index in [1.54, 1.807) is 55.5 Å². The van der Waals surface area contributed by atoms with E-state index in [0.29, 0.717) is 35.5 Å². The number of ether oxygens (including phenoxy) is 2. The van der Waals surface area contributed by atoms with Gasteiger partial charge in [0.1, 0.15) is 24.1 Å². The van der Waals surface area contributed by atoms with Gasteiger partial charge in [0, 0.05) is 24.0 Å². The van der Waals surface area contributed by atoms with Gasteiger partial charge in [-0.2, -0.15) is 0 Å². The maximum Gasteiger partial charge on any atom is 0.311 e. The fraction of sp³-hybridized carbons (Fsp3) is 0.238. The maximum atomic E-state index is 11.1. The van der Waals surface area contributed by atoms with Gasteiger partial charge in [0.2, 0.25) is 0 Å². The lowest BCUT2D eigenvalue weighted by Gasteiger charge is -2.02. The van der Waals surface area contributed by atoms with Crippen molar-refractivity contribution in [2.45, 2.75) is 33.1 Å². The highest BCUT2D eigenvalue weighted by molar-refractivity contribution is 5.76. The molecular weight excluding hydrogens is 348 g/mol. The second-order valence-corrected chi connectivity index (χ2v) is 5.43. The minimum Gasteiger partial charge on any atom is -0.427 e. The Morgan fingerprint density at radius 1 is 0.741 bits per heavy atom. The Labute approximate surface area is 158 Å². The van der Waals surface area contributed by atoms with Gasteiger partial charge in [0.25, 0.3) is 0 Å². The van der Waals surface area contributed by atoms with Crippen molar-refractivity contribution in [3.8, 4) is 11.5 Å². The van der Waals surface area contributed by atoms with Gasteiger partial charge in [-0.1, -0.05) is 13.8 Å². The summed E-state index contributed by atoms with van der Waals surface area (Å²) in [7, 11) is 0. The first kappa shape index (κ1) is 21.8. The number of carbonyl (C=O) groups is 4. The Bertz CT molecular complexity index is 747. The first-order chi connectivity index (χ1) is 13.0. The topological polar surface area (TPSA) is 86.7 Å². The molecule has 142 valence electrons. The lowest BCUT2D eigenvalue weighted by molar-refractivity contribution is -0.135. The van der Waals surface area contributed by atoms with Crippen molar-refractivity contribution >= 4 is 24.5 Å². The molecule has 2 aromatic carbocycles. The largest absolute Gasteiger partial charge is 0.427 e. The van der Waals surface area contributed by atoms with Crippen LogP contribution in [0.2, 0.25) is 0 Å². The van der Waals surface area contributed by atoms with Gasteiger partial charge in [-0.3, -0.25) is 19.2 Å². The molecule has 6 heteroatoms. The van der Waals surface area contributed by atoms with Crippen molar-refractivity contribution in [3.05, 3.63) is 59.7 Å². The van der Waals surface area contributed by atoms with Crippen molar-refractivity contribution in [2.75, 3.05) is 0 Å². The first-order valence-electron chi connectivity index (χ1n) is 8.54. The molecule has 6 nitrogen and oxygen atoms in total. The first-order valence-corrected chi connectivity index (χ1v) is 8.54. The van der Waals surface area contributed by atoms with Crippen LogP contribution in [0.25, 0.3) is 0 Å². The number of hydrogen-bond donors (Lipinski definition) is 0. The molecule has 0 aliphatic rings. The lowest BCUT2D eigenvalue weighted by Crippen LogP contribution is -2.06. The zero-order valence-electron chi connectivity index (χ0n) is 15.3. The summed E-state index contributed by atoms with van der Waals surface area (Å²) in [6, 6.07) is 12.8. The van der Waals surface area contributed by atoms with Crippen LogP contribution < -0.4 is 9.47 Å². The molecule has 0 unspecified atom stereocenters. The van der Waals surface area contributed by atoms with Crippen LogP contribution >= 0.6 is 0 Å². The van der Waals surface area contributed by atoms with Gasteiger partial charge in [0.05, 0.1) is 0 Å². The average molecular weight is 370 g/mol. The molecule has 0 saturated carbocycles. The third kappa shape index (κ3) is 8.58. The van der Waals surface area contributed by atoms with Gasteiger partial charge >= 0.3 is 11.9 Å². The van der Waals surface area contributed by atoms with Crippen LogP contribution in [0.15, 0.2) is 48.5 Å². The fourth-order valence-electron chi connectivity index (χ4n) is 1.82. The normalized spacial score (nSPS) is 9.41. The number of rotatable bonds is 7. The summed E-state index contributed by atoms with van der Waals surface area (Å²) < 4.78 is 9.91. The number of aldehydes is 2. The van der Waals surface area contributed by atoms with E-state index in [4.69, 9.17) is 9.47 Å². The van der Waals surface area contributed by atoms with Gasteiger partial charge < -0.3 is 9.47 Å². The van der Waals surface area contributed by atoms with E-state index in [2.05, 4.69) is 0 Å². The summed E-state index contributed by atoms with van der Waals surface area (Å²) in [5.74, 6) is 0.428. The number of hydrogen-bond acceptors (Lipinski definition) is 6. The summed E-state index contributed by atoms with van der Waals surface area (Å²) >= 11 is 0. The van der Waals surface area contributed by atoms with Crippen LogP contribution in [-0.4, -0.2) is 24.5 Å². The minimum atomic E-state index is -0.279. The zero-order valence-corrected chi connectivity index (χ0v) is 15.3. The Morgan fingerprint density at radius 2 is 1.15 bits per heavy atom. The SMILES string of the molecule is CCC(=O)Oc1ccc(C=O)cc1.CCCC(=O)Oc1ccc(C=O)cc1. The zero-order chi connectivity index (χ0) is 20.1. The molecule has 27 heavy (non-hydrogen) atoms. The Balaban J connectivity index is 0.000000271. The Hall–Kier alpha value is -3.28. The summed E-state index contributed by atoms with van der Waals surface area (Å²) in [6.07, 6.45) is 3.01. The number of benzene rings is 2. The van der Waals surface area contributed by atoms with Gasteiger partial charge in [-0.15, -0.1) is 0 Å². The van der Waals surface area contributed by atoms with Gasteiger partial charge in [-0.05, 0) is 55.0 Å². The van der Waals surface area contributed by atoms with Gasteiger partial charge in [-0.25, -0.2) is 0 Å². The molecule has 0 aliphatic carbocycles. The number of esters is 2. The molecule has 0 aromatic heterocycles. The molecule has 0 saturated heterocycles. The third-order valence-electron chi connectivity index (χ3n) is 3.24. The predicted octanol–water partition coefficient (Wildman–Crippen LogP) is 4.02. The molecular formula is C21H22O6.